The molecule has 1 fully saturated rings. The minimum absolute atomic E-state index is 0.212. The van der Waals surface area contributed by atoms with Gasteiger partial charge >= 0.3 is 6.09 Å². The number of hydrogen-bond acceptors (Lipinski definition) is 5. The quantitative estimate of drug-likeness (QED) is 0.778. The number of aliphatic imine (C=N–C) groups is 1. The van der Waals surface area contributed by atoms with E-state index in [1.165, 1.54) is 9.21 Å². The van der Waals surface area contributed by atoms with Gasteiger partial charge in [0, 0.05) is 30.7 Å². The van der Waals surface area contributed by atoms with E-state index < -0.39 is 16.1 Å². The molecule has 1 N–H and O–H groups in total. The molecule has 8 nitrogen and oxygen atoms in total. The molecule has 130 valence electrons. The summed E-state index contributed by atoms with van der Waals surface area (Å²) in [5.41, 5.74) is 0. The Bertz CT molecular complexity index is 757. The van der Waals surface area contributed by atoms with Crippen molar-refractivity contribution in [2.75, 3.05) is 39.3 Å². The average Bonchev–Trinajstić information content (AvgIpc) is 3.06. The lowest BCUT2D eigenvalue weighted by molar-refractivity contribution is 0.123. The third-order valence-electron chi connectivity index (χ3n) is 4.01. The van der Waals surface area contributed by atoms with Gasteiger partial charge in [0.25, 0.3) is 10.0 Å². The van der Waals surface area contributed by atoms with Crippen LogP contribution < -0.4 is 0 Å². The van der Waals surface area contributed by atoms with E-state index in [0.29, 0.717) is 45.2 Å². The zero-order valence-corrected chi connectivity index (χ0v) is 15.2. The molecule has 1 saturated heterocycles. The van der Waals surface area contributed by atoms with Gasteiger partial charge in [-0.15, -0.1) is 0 Å². The molecule has 1 amide bonds. The Labute approximate surface area is 148 Å². The van der Waals surface area contributed by atoms with Crippen molar-refractivity contribution in [3.63, 3.8) is 0 Å². The molecule has 1 aromatic rings. The van der Waals surface area contributed by atoms with E-state index in [2.05, 4.69) is 20.9 Å². The lowest BCUT2D eigenvalue weighted by Gasteiger charge is -2.36. The average molecular weight is 417 g/mol. The number of piperazine rings is 1. The molecule has 10 heteroatoms. The first-order valence-corrected chi connectivity index (χ1v) is 9.68. The molecule has 2 aliphatic heterocycles. The van der Waals surface area contributed by atoms with Crippen LogP contribution in [0.5, 0.6) is 0 Å². The maximum Gasteiger partial charge on any atom is 0.407 e. The molecule has 24 heavy (non-hydrogen) atoms. The highest BCUT2D eigenvalue weighted by Gasteiger charge is 2.35. The first kappa shape index (κ1) is 17.0. The maximum atomic E-state index is 12.9. The number of guanidine groups is 1. The normalized spacial score (nSPS) is 18.7. The van der Waals surface area contributed by atoms with Crippen molar-refractivity contribution in [1.29, 1.82) is 0 Å². The van der Waals surface area contributed by atoms with E-state index in [-0.39, 0.29) is 4.90 Å². The van der Waals surface area contributed by atoms with Crippen molar-refractivity contribution in [1.82, 2.24) is 14.1 Å². The summed E-state index contributed by atoms with van der Waals surface area (Å²) in [5.74, 6) is 0.406. The van der Waals surface area contributed by atoms with Gasteiger partial charge in [0.1, 0.15) is 0 Å². The van der Waals surface area contributed by atoms with Crippen LogP contribution >= 0.6 is 15.9 Å². The monoisotopic (exact) mass is 416 g/mol. The second-order valence-corrected chi connectivity index (χ2v) is 8.25. The van der Waals surface area contributed by atoms with Gasteiger partial charge in [0.2, 0.25) is 5.96 Å². The van der Waals surface area contributed by atoms with Crippen LogP contribution in [0.2, 0.25) is 0 Å². The van der Waals surface area contributed by atoms with Crippen LogP contribution in [0.4, 0.5) is 4.79 Å². The molecule has 0 radical (unpaired) electrons. The second-order valence-electron chi connectivity index (χ2n) is 5.47. The molecule has 0 bridgehead atoms. The number of nitrogens with zero attached hydrogens (tertiary/aromatic N) is 4. The Morgan fingerprint density at radius 3 is 2.29 bits per heavy atom. The lowest BCUT2D eigenvalue weighted by atomic mass is 10.3. The fraction of sp³-hybridized carbons (Fsp3) is 0.429. The van der Waals surface area contributed by atoms with Gasteiger partial charge in [-0.3, -0.25) is 4.99 Å². The standard InChI is InChI=1S/C14H17BrN4O4S/c15-11-1-3-12(4-2-11)24(22,23)19-6-5-16-13(19)17-7-9-18(10-8-17)14(20)21/h1-4H,5-10H2,(H,20,21). The van der Waals surface area contributed by atoms with Crippen LogP contribution in [0, 0.1) is 0 Å². The Morgan fingerprint density at radius 2 is 1.71 bits per heavy atom. The maximum absolute atomic E-state index is 12.9. The van der Waals surface area contributed by atoms with Crippen molar-refractivity contribution >= 4 is 38.0 Å². The SMILES string of the molecule is O=C(O)N1CCN(C2=NCCN2S(=O)(=O)c2ccc(Br)cc2)CC1. The molecule has 1 aromatic carbocycles. The first-order chi connectivity index (χ1) is 11.4. The number of hydrogen-bond donors (Lipinski definition) is 1. The van der Waals surface area contributed by atoms with Gasteiger partial charge in [-0.25, -0.2) is 17.5 Å². The highest BCUT2D eigenvalue weighted by atomic mass is 79.9. The highest BCUT2D eigenvalue weighted by molar-refractivity contribution is 9.10. The Morgan fingerprint density at radius 1 is 1.08 bits per heavy atom. The number of benzene rings is 1. The van der Waals surface area contributed by atoms with E-state index in [9.17, 15) is 13.2 Å². The number of halogens is 1. The van der Waals surface area contributed by atoms with Gasteiger partial charge in [-0.2, -0.15) is 0 Å². The summed E-state index contributed by atoms with van der Waals surface area (Å²) in [6, 6.07) is 6.48. The Kier molecular flexibility index (Phi) is 4.68. The number of sulfonamides is 1. The van der Waals surface area contributed by atoms with Crippen molar-refractivity contribution in [3.8, 4) is 0 Å². The van der Waals surface area contributed by atoms with Gasteiger partial charge < -0.3 is 14.9 Å². The van der Waals surface area contributed by atoms with E-state index in [0.717, 1.165) is 4.47 Å². The highest BCUT2D eigenvalue weighted by Crippen LogP contribution is 2.22. The molecule has 0 unspecified atom stereocenters. The van der Waals surface area contributed by atoms with Gasteiger partial charge in [0.15, 0.2) is 0 Å². The molecule has 2 heterocycles. The molecule has 0 aliphatic carbocycles. The molecule has 0 atom stereocenters. The number of rotatable bonds is 2. The Balaban J connectivity index is 1.78. The summed E-state index contributed by atoms with van der Waals surface area (Å²) >= 11 is 3.29. The molecule has 0 spiro atoms. The van der Waals surface area contributed by atoms with Crippen LogP contribution in [0.25, 0.3) is 0 Å². The summed E-state index contributed by atoms with van der Waals surface area (Å²) in [6.07, 6.45) is -0.956. The topological polar surface area (TPSA) is 93.5 Å². The van der Waals surface area contributed by atoms with Gasteiger partial charge in [0.05, 0.1) is 18.0 Å². The zero-order valence-electron chi connectivity index (χ0n) is 12.8. The number of carboxylic acid groups (broad SMARTS) is 1. The Hall–Kier alpha value is -1.81. The summed E-state index contributed by atoms with van der Waals surface area (Å²) in [6.45, 7) is 2.23. The molecule has 0 saturated carbocycles. The third-order valence-corrected chi connectivity index (χ3v) is 6.34. The second kappa shape index (κ2) is 6.60. The predicted molar refractivity (Wildman–Crippen MR) is 91.5 cm³/mol. The van der Waals surface area contributed by atoms with E-state index in [1.54, 1.807) is 24.3 Å². The third kappa shape index (κ3) is 3.20. The predicted octanol–water partition coefficient (Wildman–Crippen LogP) is 1.11. The minimum atomic E-state index is -3.67. The molecule has 3 rings (SSSR count). The lowest BCUT2D eigenvalue weighted by Crippen LogP contribution is -2.54. The van der Waals surface area contributed by atoms with E-state index in [1.807, 2.05) is 4.90 Å². The number of carbonyl (C=O) groups is 1. The minimum Gasteiger partial charge on any atom is -0.465 e. The summed E-state index contributed by atoms with van der Waals surface area (Å²) in [7, 11) is -3.67. The van der Waals surface area contributed by atoms with Crippen LogP contribution in [0.3, 0.4) is 0 Å². The van der Waals surface area contributed by atoms with Crippen molar-refractivity contribution in [2.24, 2.45) is 4.99 Å². The zero-order chi connectivity index (χ0) is 17.3. The molecule has 0 aromatic heterocycles. The van der Waals surface area contributed by atoms with Crippen LogP contribution in [-0.2, 0) is 10.0 Å². The summed E-state index contributed by atoms with van der Waals surface area (Å²) in [4.78, 5) is 18.7. The van der Waals surface area contributed by atoms with Crippen LogP contribution in [0.15, 0.2) is 38.6 Å². The van der Waals surface area contributed by atoms with E-state index >= 15 is 0 Å². The van der Waals surface area contributed by atoms with E-state index in [4.69, 9.17) is 5.11 Å². The fourth-order valence-electron chi connectivity index (χ4n) is 2.74. The molecular formula is C14H17BrN4O4S. The van der Waals surface area contributed by atoms with Gasteiger partial charge in [-0.1, -0.05) is 15.9 Å². The largest absolute Gasteiger partial charge is 0.465 e. The summed E-state index contributed by atoms with van der Waals surface area (Å²) < 4.78 is 27.9. The van der Waals surface area contributed by atoms with Crippen LogP contribution in [-0.4, -0.2) is 79.0 Å². The van der Waals surface area contributed by atoms with Crippen molar-refractivity contribution in [2.45, 2.75) is 4.90 Å². The molecule has 2 aliphatic rings. The summed E-state index contributed by atoms with van der Waals surface area (Å²) in [5, 5.41) is 9.01. The van der Waals surface area contributed by atoms with Crippen molar-refractivity contribution < 1.29 is 18.3 Å². The molecular weight excluding hydrogens is 400 g/mol. The number of amides is 1. The van der Waals surface area contributed by atoms with Crippen LogP contribution in [0.1, 0.15) is 0 Å². The first-order valence-electron chi connectivity index (χ1n) is 7.45. The smallest absolute Gasteiger partial charge is 0.407 e. The fourth-order valence-corrected chi connectivity index (χ4v) is 4.45. The van der Waals surface area contributed by atoms with Gasteiger partial charge in [-0.05, 0) is 24.3 Å². The van der Waals surface area contributed by atoms with Crippen molar-refractivity contribution in [3.05, 3.63) is 28.7 Å².